The Hall–Kier alpha value is -1.75. The van der Waals surface area contributed by atoms with Gasteiger partial charge in [-0.3, -0.25) is 4.79 Å². The van der Waals surface area contributed by atoms with Gasteiger partial charge in [0.1, 0.15) is 5.76 Å². The van der Waals surface area contributed by atoms with Crippen molar-refractivity contribution in [2.75, 3.05) is 0 Å². The average molecular weight is 360 g/mol. The molecule has 1 fully saturated rings. The first-order chi connectivity index (χ1) is 11.8. The molecule has 1 saturated carbocycles. The Labute approximate surface area is 152 Å². The third-order valence-corrected chi connectivity index (χ3v) is 6.96. The number of rotatable bonds is 2. The van der Waals surface area contributed by atoms with E-state index in [0.29, 0.717) is 11.3 Å². The Kier molecular flexibility index (Phi) is 4.71. The van der Waals surface area contributed by atoms with Crippen LogP contribution in [0.3, 0.4) is 0 Å². The first-order valence-electron chi connectivity index (χ1n) is 8.73. The highest BCUT2D eigenvalue weighted by atomic mass is 32.2. The number of hydrogen-bond donors (Lipinski definition) is 1. The second-order valence-electron chi connectivity index (χ2n) is 7.15. The zero-order valence-corrected chi connectivity index (χ0v) is 16.0. The molecule has 0 saturated heterocycles. The molecular formula is C20H24O4S. The number of hydrogen-bond acceptors (Lipinski definition) is 4. The molecule has 1 N–H and O–H groups in total. The Morgan fingerprint density at radius 2 is 1.72 bits per heavy atom. The summed E-state index contributed by atoms with van der Waals surface area (Å²) in [6, 6.07) is 2.06. The van der Waals surface area contributed by atoms with Crippen LogP contribution in [-0.4, -0.2) is 21.1 Å². The number of ether oxygens (including phenoxy) is 1. The van der Waals surface area contributed by atoms with Crippen molar-refractivity contribution in [2.45, 2.75) is 64.5 Å². The van der Waals surface area contributed by atoms with Gasteiger partial charge in [0.15, 0.2) is 0 Å². The van der Waals surface area contributed by atoms with Crippen LogP contribution in [0.25, 0.3) is 5.57 Å². The molecule has 3 rings (SSSR count). The Morgan fingerprint density at radius 1 is 1.08 bits per heavy atom. The second kappa shape index (κ2) is 6.52. The van der Waals surface area contributed by atoms with Crippen LogP contribution >= 0.6 is 11.8 Å². The van der Waals surface area contributed by atoms with Gasteiger partial charge in [0.05, 0.1) is 10.3 Å². The fourth-order valence-electron chi connectivity index (χ4n) is 4.16. The van der Waals surface area contributed by atoms with Gasteiger partial charge in [-0.05, 0) is 68.4 Å². The van der Waals surface area contributed by atoms with Gasteiger partial charge in [-0.15, -0.1) is 0 Å². The molecule has 1 aliphatic heterocycles. The van der Waals surface area contributed by atoms with Crippen LogP contribution in [0.4, 0.5) is 4.79 Å². The summed E-state index contributed by atoms with van der Waals surface area (Å²) in [6.07, 6.45) is 3.34. The molecule has 25 heavy (non-hydrogen) atoms. The van der Waals surface area contributed by atoms with Gasteiger partial charge < -0.3 is 9.84 Å². The van der Waals surface area contributed by atoms with Gasteiger partial charge >= 0.3 is 6.16 Å². The van der Waals surface area contributed by atoms with E-state index in [2.05, 4.69) is 13.0 Å². The van der Waals surface area contributed by atoms with Crippen molar-refractivity contribution < 1.29 is 19.4 Å². The summed E-state index contributed by atoms with van der Waals surface area (Å²) in [5.74, 6) is 0.365. The molecule has 0 bridgehead atoms. The molecule has 5 heteroatoms. The molecule has 1 spiro atoms. The average Bonchev–Trinajstić information content (AvgIpc) is 2.78. The minimum absolute atomic E-state index is 0.0624. The number of benzene rings is 1. The Bertz CT molecular complexity index is 785. The maximum absolute atomic E-state index is 13.0. The molecule has 1 aliphatic carbocycles. The highest BCUT2D eigenvalue weighted by molar-refractivity contribution is 8.16. The van der Waals surface area contributed by atoms with Crippen molar-refractivity contribution in [2.24, 2.45) is 0 Å². The largest absolute Gasteiger partial charge is 0.511 e. The number of carboxylic acid groups (broad SMARTS) is 1. The van der Waals surface area contributed by atoms with E-state index < -0.39 is 10.9 Å². The molecular weight excluding hydrogens is 336 g/mol. The predicted octanol–water partition coefficient (Wildman–Crippen LogP) is 5.30. The summed E-state index contributed by atoms with van der Waals surface area (Å²) >= 11 is 1.27. The molecule has 0 amide bonds. The number of carbonyl (C=O) groups excluding carboxylic acids is 1. The van der Waals surface area contributed by atoms with E-state index in [9.17, 15) is 14.7 Å². The van der Waals surface area contributed by atoms with Crippen LogP contribution in [0.1, 0.15) is 59.9 Å². The summed E-state index contributed by atoms with van der Waals surface area (Å²) in [5.41, 5.74) is 5.63. The molecule has 0 unspecified atom stereocenters. The lowest BCUT2D eigenvalue weighted by molar-refractivity contribution is -0.106. The van der Waals surface area contributed by atoms with Crippen molar-refractivity contribution in [3.8, 4) is 0 Å². The van der Waals surface area contributed by atoms with Crippen LogP contribution in [0, 0.1) is 27.7 Å². The lowest BCUT2D eigenvalue weighted by atomic mass is 9.82. The van der Waals surface area contributed by atoms with E-state index in [0.717, 1.165) is 54.4 Å². The molecule has 2 aliphatic rings. The van der Waals surface area contributed by atoms with Crippen molar-refractivity contribution in [1.82, 2.24) is 0 Å². The fraction of sp³-hybridized carbons (Fsp3) is 0.500. The van der Waals surface area contributed by atoms with E-state index >= 15 is 0 Å². The van der Waals surface area contributed by atoms with Gasteiger partial charge in [-0.25, -0.2) is 4.79 Å². The maximum Gasteiger partial charge on any atom is 0.511 e. The van der Waals surface area contributed by atoms with Crippen LogP contribution in [0.15, 0.2) is 11.8 Å². The summed E-state index contributed by atoms with van der Waals surface area (Å²) in [4.78, 5) is 24.4. The highest BCUT2D eigenvalue weighted by Gasteiger charge is 2.50. The standard InChI is InChI=1S/C20H24O4S/c1-11-10-12(2)15(14(4)13(11)3)16-17(24-19(22)23)20(25-18(16)21)8-6-5-7-9-20/h10H,5-9H2,1-4H3,(H,22,23). The SMILES string of the molecule is Cc1cc(C)c(C2=C(OC(=O)O)C3(CCCCC3)SC2=O)c(C)c1C. The summed E-state index contributed by atoms with van der Waals surface area (Å²) in [5, 5.41) is 9.24. The van der Waals surface area contributed by atoms with E-state index in [4.69, 9.17) is 4.74 Å². The van der Waals surface area contributed by atoms with E-state index in [-0.39, 0.29) is 5.12 Å². The van der Waals surface area contributed by atoms with Gasteiger partial charge in [-0.1, -0.05) is 37.1 Å². The third kappa shape index (κ3) is 2.99. The molecule has 0 aromatic heterocycles. The Morgan fingerprint density at radius 3 is 2.32 bits per heavy atom. The normalized spacial score (nSPS) is 19.6. The van der Waals surface area contributed by atoms with Gasteiger partial charge in [0, 0.05) is 0 Å². The molecule has 4 nitrogen and oxygen atoms in total. The zero-order chi connectivity index (χ0) is 18.4. The van der Waals surface area contributed by atoms with Crippen molar-refractivity contribution >= 4 is 28.6 Å². The van der Waals surface area contributed by atoms with E-state index in [1.165, 1.54) is 17.3 Å². The highest BCUT2D eigenvalue weighted by Crippen LogP contribution is 2.55. The topological polar surface area (TPSA) is 63.6 Å². The summed E-state index contributed by atoms with van der Waals surface area (Å²) in [6.45, 7) is 8.06. The number of thioether (sulfide) groups is 1. The van der Waals surface area contributed by atoms with E-state index in [1.807, 2.05) is 20.8 Å². The second-order valence-corrected chi connectivity index (χ2v) is 8.51. The third-order valence-electron chi connectivity index (χ3n) is 5.59. The first kappa shape index (κ1) is 18.1. The van der Waals surface area contributed by atoms with Crippen LogP contribution in [0.5, 0.6) is 0 Å². The smallest absolute Gasteiger partial charge is 0.449 e. The lowest BCUT2D eigenvalue weighted by Crippen LogP contribution is -2.30. The van der Waals surface area contributed by atoms with Crippen molar-refractivity contribution in [3.63, 3.8) is 0 Å². The number of aryl methyl sites for hydroxylation is 2. The molecule has 1 aromatic rings. The molecule has 1 aromatic carbocycles. The molecule has 1 heterocycles. The van der Waals surface area contributed by atoms with Crippen LogP contribution in [0.2, 0.25) is 0 Å². The molecule has 0 atom stereocenters. The van der Waals surface area contributed by atoms with Gasteiger partial charge in [-0.2, -0.15) is 0 Å². The summed E-state index contributed by atoms with van der Waals surface area (Å²) in [7, 11) is 0. The van der Waals surface area contributed by atoms with Gasteiger partial charge in [0.2, 0.25) is 5.12 Å². The van der Waals surface area contributed by atoms with Crippen LogP contribution < -0.4 is 0 Å². The quantitative estimate of drug-likeness (QED) is 0.725. The Balaban J connectivity index is 2.26. The number of carbonyl (C=O) groups is 2. The van der Waals surface area contributed by atoms with Crippen molar-refractivity contribution in [1.29, 1.82) is 0 Å². The van der Waals surface area contributed by atoms with Crippen molar-refractivity contribution in [3.05, 3.63) is 39.6 Å². The monoisotopic (exact) mass is 360 g/mol. The van der Waals surface area contributed by atoms with Crippen LogP contribution in [-0.2, 0) is 9.53 Å². The van der Waals surface area contributed by atoms with E-state index in [1.54, 1.807) is 0 Å². The molecule has 134 valence electrons. The van der Waals surface area contributed by atoms with Gasteiger partial charge in [0.25, 0.3) is 0 Å². The summed E-state index contributed by atoms with van der Waals surface area (Å²) < 4.78 is 4.76. The lowest BCUT2D eigenvalue weighted by Gasteiger charge is -2.33. The fourth-order valence-corrected chi connectivity index (χ4v) is 5.54. The molecule has 0 radical (unpaired) electrons. The zero-order valence-electron chi connectivity index (χ0n) is 15.2. The minimum Gasteiger partial charge on any atom is -0.449 e. The maximum atomic E-state index is 13.0. The first-order valence-corrected chi connectivity index (χ1v) is 9.55. The predicted molar refractivity (Wildman–Crippen MR) is 99.8 cm³/mol. The minimum atomic E-state index is -1.34.